The van der Waals surface area contributed by atoms with Crippen LogP contribution in [-0.4, -0.2) is 68.9 Å². The fraction of sp³-hybridized carbons (Fsp3) is 0.281. The van der Waals surface area contributed by atoms with Crippen molar-refractivity contribution in [3.63, 3.8) is 0 Å². The van der Waals surface area contributed by atoms with Crippen LogP contribution < -0.4 is 20.3 Å². The highest BCUT2D eigenvalue weighted by atomic mass is 35.5. The van der Waals surface area contributed by atoms with Crippen molar-refractivity contribution in [1.29, 1.82) is 0 Å². The molecular formula is C32H35ClF2N4O4. The molecule has 3 amide bonds. The number of carbonyl (C=O) groups is 3. The molecule has 8 nitrogen and oxygen atoms in total. The summed E-state index contributed by atoms with van der Waals surface area (Å²) in [4.78, 5) is 43.0. The van der Waals surface area contributed by atoms with Crippen molar-refractivity contribution in [3.8, 4) is 5.75 Å². The number of halogens is 3. The number of para-hydroxylation sites is 3. The van der Waals surface area contributed by atoms with Crippen molar-refractivity contribution in [2.24, 2.45) is 0 Å². The lowest BCUT2D eigenvalue weighted by Crippen LogP contribution is -2.34. The van der Waals surface area contributed by atoms with Gasteiger partial charge in [0.25, 0.3) is 17.7 Å². The highest BCUT2D eigenvalue weighted by Crippen LogP contribution is 2.43. The normalized spacial score (nSPS) is 14.7. The van der Waals surface area contributed by atoms with Crippen LogP contribution in [0.4, 0.5) is 20.2 Å². The van der Waals surface area contributed by atoms with Crippen LogP contribution in [0.2, 0.25) is 0 Å². The van der Waals surface area contributed by atoms with E-state index in [4.69, 9.17) is 4.74 Å². The Balaban J connectivity index is 0.00000506. The third-order valence-electron chi connectivity index (χ3n) is 6.72. The van der Waals surface area contributed by atoms with E-state index in [-0.39, 0.29) is 53.7 Å². The highest BCUT2D eigenvalue weighted by molar-refractivity contribution is 6.14. The molecule has 0 saturated carbocycles. The van der Waals surface area contributed by atoms with Crippen LogP contribution in [0.15, 0.2) is 78.9 Å². The largest absolute Gasteiger partial charge is 0.492 e. The van der Waals surface area contributed by atoms with Gasteiger partial charge in [0, 0.05) is 49.0 Å². The van der Waals surface area contributed by atoms with Gasteiger partial charge in [-0.3, -0.25) is 14.4 Å². The summed E-state index contributed by atoms with van der Waals surface area (Å²) in [6, 6.07) is 19.7. The molecule has 0 bridgehead atoms. The highest BCUT2D eigenvalue weighted by Gasteiger charge is 2.42. The quantitative estimate of drug-likeness (QED) is 0.311. The van der Waals surface area contributed by atoms with E-state index in [2.05, 4.69) is 10.6 Å². The first kappa shape index (κ1) is 33.2. The van der Waals surface area contributed by atoms with Crippen LogP contribution in [0.25, 0.3) is 5.57 Å². The van der Waals surface area contributed by atoms with Gasteiger partial charge in [-0.05, 0) is 51.4 Å². The minimum absolute atomic E-state index is 0. The van der Waals surface area contributed by atoms with Crippen LogP contribution in [0.1, 0.15) is 39.6 Å². The second kappa shape index (κ2) is 14.8. The molecule has 0 radical (unpaired) electrons. The Labute approximate surface area is 256 Å². The summed E-state index contributed by atoms with van der Waals surface area (Å²) >= 11 is 0. The van der Waals surface area contributed by atoms with E-state index in [0.717, 1.165) is 6.08 Å². The minimum Gasteiger partial charge on any atom is -0.492 e. The number of allylic oxidation sites excluding steroid dienone is 1. The second-order valence-corrected chi connectivity index (χ2v) is 10.0. The molecule has 1 heterocycles. The first-order chi connectivity index (χ1) is 20.1. The predicted molar refractivity (Wildman–Crippen MR) is 166 cm³/mol. The Morgan fingerprint density at radius 2 is 1.65 bits per heavy atom. The van der Waals surface area contributed by atoms with Crippen LogP contribution >= 0.6 is 12.4 Å². The summed E-state index contributed by atoms with van der Waals surface area (Å²) in [6.45, 7) is 2.41. The van der Waals surface area contributed by atoms with Gasteiger partial charge in [0.05, 0.1) is 23.4 Å². The fourth-order valence-electron chi connectivity index (χ4n) is 4.67. The van der Waals surface area contributed by atoms with Gasteiger partial charge in [-0.1, -0.05) is 42.5 Å². The van der Waals surface area contributed by atoms with Gasteiger partial charge in [-0.25, -0.2) is 8.78 Å². The average molecular weight is 613 g/mol. The SMILES string of the molecule is CCOc1c(C(=O)Nc2ccccc2)cccc1C(=O)N1CCC(F)(F)C(=CC(=O)NCCN(C)C)c2ccccc21.Cl. The molecule has 43 heavy (non-hydrogen) atoms. The first-order valence-electron chi connectivity index (χ1n) is 13.7. The van der Waals surface area contributed by atoms with Gasteiger partial charge in [0.2, 0.25) is 5.91 Å². The number of amides is 3. The average Bonchev–Trinajstić information content (AvgIpc) is 3.07. The number of nitrogens with one attached hydrogen (secondary N) is 2. The number of likely N-dealkylation sites (N-methyl/N-ethyl adjacent to an activating group) is 1. The molecule has 3 aromatic carbocycles. The van der Waals surface area contributed by atoms with Gasteiger partial charge in [0.15, 0.2) is 0 Å². The first-order valence-corrected chi connectivity index (χ1v) is 13.7. The molecule has 0 atom stereocenters. The van der Waals surface area contributed by atoms with E-state index >= 15 is 8.78 Å². The van der Waals surface area contributed by atoms with Crippen molar-refractivity contribution < 1.29 is 27.9 Å². The smallest absolute Gasteiger partial charge is 0.275 e. The Morgan fingerprint density at radius 3 is 2.35 bits per heavy atom. The molecule has 0 aromatic heterocycles. The Bertz CT molecular complexity index is 1480. The number of nitrogens with zero attached hydrogens (tertiary/aromatic N) is 2. The maximum Gasteiger partial charge on any atom is 0.275 e. The van der Waals surface area contributed by atoms with E-state index < -0.39 is 35.6 Å². The van der Waals surface area contributed by atoms with Crippen molar-refractivity contribution in [1.82, 2.24) is 10.2 Å². The summed E-state index contributed by atoms with van der Waals surface area (Å²) in [6.07, 6.45) is 0.213. The molecule has 3 aromatic rings. The van der Waals surface area contributed by atoms with Gasteiger partial charge < -0.3 is 25.2 Å². The van der Waals surface area contributed by atoms with E-state index in [1.807, 2.05) is 25.1 Å². The number of anilines is 2. The lowest BCUT2D eigenvalue weighted by molar-refractivity contribution is -0.116. The lowest BCUT2D eigenvalue weighted by atomic mass is 9.97. The maximum absolute atomic E-state index is 15.6. The van der Waals surface area contributed by atoms with Crippen molar-refractivity contribution >= 4 is 47.1 Å². The molecule has 0 aliphatic carbocycles. The van der Waals surface area contributed by atoms with Gasteiger partial charge in [-0.15, -0.1) is 12.4 Å². The van der Waals surface area contributed by atoms with E-state index in [1.165, 1.54) is 17.0 Å². The van der Waals surface area contributed by atoms with E-state index in [1.54, 1.807) is 61.5 Å². The molecule has 0 unspecified atom stereocenters. The Morgan fingerprint density at radius 1 is 0.977 bits per heavy atom. The number of rotatable bonds is 9. The minimum atomic E-state index is -3.38. The maximum atomic E-state index is 15.6. The van der Waals surface area contributed by atoms with Crippen molar-refractivity contribution in [3.05, 3.63) is 95.6 Å². The zero-order valence-corrected chi connectivity index (χ0v) is 25.0. The summed E-state index contributed by atoms with van der Waals surface area (Å²) in [7, 11) is 3.68. The molecule has 0 saturated heterocycles. The van der Waals surface area contributed by atoms with E-state index in [0.29, 0.717) is 18.8 Å². The summed E-state index contributed by atoms with van der Waals surface area (Å²) in [5.41, 5.74) is 0.604. The van der Waals surface area contributed by atoms with Crippen molar-refractivity contribution in [2.75, 3.05) is 50.6 Å². The monoisotopic (exact) mass is 612 g/mol. The number of fused-ring (bicyclic) bond motifs is 1. The van der Waals surface area contributed by atoms with Crippen molar-refractivity contribution in [2.45, 2.75) is 19.3 Å². The van der Waals surface area contributed by atoms with Crippen LogP contribution in [0, 0.1) is 0 Å². The third kappa shape index (κ3) is 7.97. The summed E-state index contributed by atoms with van der Waals surface area (Å²) < 4.78 is 36.9. The molecule has 2 N–H and O–H groups in total. The summed E-state index contributed by atoms with van der Waals surface area (Å²) in [5, 5.41) is 5.43. The standard InChI is InChI=1S/C32H34F2N4O4.ClH/c1-4-42-29-24(30(40)36-22-11-6-5-7-12-22)14-10-15-25(29)31(41)38-19-17-32(33,34)26(23-13-8-9-16-27(23)38)21-28(39)35-18-20-37(2)3;/h5-16,21H,4,17-20H2,1-3H3,(H,35,39)(H,36,40);1H. The molecule has 0 spiro atoms. The Hall–Kier alpha value is -4.28. The zero-order valence-electron chi connectivity index (χ0n) is 24.2. The predicted octanol–water partition coefficient (Wildman–Crippen LogP) is 5.51. The fourth-order valence-corrected chi connectivity index (χ4v) is 4.67. The number of ether oxygens (including phenoxy) is 1. The number of benzene rings is 3. The Kier molecular flexibility index (Phi) is 11.4. The van der Waals surface area contributed by atoms with Gasteiger partial charge in [0.1, 0.15) is 5.75 Å². The molecular weight excluding hydrogens is 578 g/mol. The zero-order chi connectivity index (χ0) is 30.3. The number of hydrogen-bond acceptors (Lipinski definition) is 5. The van der Waals surface area contributed by atoms with Gasteiger partial charge in [-0.2, -0.15) is 0 Å². The number of alkyl halides is 2. The molecule has 1 aliphatic heterocycles. The van der Waals surface area contributed by atoms with Crippen LogP contribution in [-0.2, 0) is 4.79 Å². The third-order valence-corrected chi connectivity index (χ3v) is 6.72. The van der Waals surface area contributed by atoms with E-state index in [9.17, 15) is 14.4 Å². The molecule has 0 fully saturated rings. The number of hydrogen-bond donors (Lipinski definition) is 2. The van der Waals surface area contributed by atoms with Crippen LogP contribution in [0.5, 0.6) is 5.75 Å². The van der Waals surface area contributed by atoms with Gasteiger partial charge >= 0.3 is 0 Å². The lowest BCUT2D eigenvalue weighted by Gasteiger charge is -2.24. The molecule has 4 rings (SSSR count). The topological polar surface area (TPSA) is 91.0 Å². The molecule has 11 heteroatoms. The summed E-state index contributed by atoms with van der Waals surface area (Å²) in [5.74, 6) is -5.05. The molecule has 228 valence electrons. The molecule has 1 aliphatic rings. The van der Waals surface area contributed by atoms with Crippen LogP contribution in [0.3, 0.4) is 0 Å². The number of carbonyl (C=O) groups excluding carboxylic acids is 3. The second-order valence-electron chi connectivity index (χ2n) is 10.0.